The molecule has 0 saturated carbocycles. The van der Waals surface area contributed by atoms with Crippen molar-refractivity contribution in [3.8, 4) is 0 Å². The van der Waals surface area contributed by atoms with E-state index in [1.54, 1.807) is 0 Å². The zero-order valence-electron chi connectivity index (χ0n) is 12.1. The summed E-state index contributed by atoms with van der Waals surface area (Å²) >= 11 is 0. The highest BCUT2D eigenvalue weighted by Gasteiger charge is 2.31. The van der Waals surface area contributed by atoms with Gasteiger partial charge in [0.15, 0.2) is 5.82 Å². The van der Waals surface area contributed by atoms with Gasteiger partial charge in [-0.2, -0.15) is 4.98 Å². The Kier molecular flexibility index (Phi) is 4.33. The van der Waals surface area contributed by atoms with Gasteiger partial charge in [-0.05, 0) is 39.3 Å². The molecule has 20 heavy (non-hydrogen) atoms. The zero-order chi connectivity index (χ0) is 13.9. The third-order valence-corrected chi connectivity index (χ3v) is 4.39. The van der Waals surface area contributed by atoms with Gasteiger partial charge in [-0.3, -0.25) is 0 Å². The quantitative estimate of drug-likeness (QED) is 0.899. The van der Waals surface area contributed by atoms with Crippen molar-refractivity contribution in [2.45, 2.75) is 50.7 Å². The molecule has 2 saturated heterocycles. The summed E-state index contributed by atoms with van der Waals surface area (Å²) in [6.45, 7) is 5.89. The summed E-state index contributed by atoms with van der Waals surface area (Å²) in [6, 6.07) is -0.164. The van der Waals surface area contributed by atoms with Crippen LogP contribution >= 0.6 is 0 Å². The van der Waals surface area contributed by atoms with E-state index in [1.807, 2.05) is 0 Å². The van der Waals surface area contributed by atoms with Crippen LogP contribution < -0.4 is 5.73 Å². The average Bonchev–Trinajstić information content (AvgIpc) is 3.08. The largest absolute Gasteiger partial charge is 0.378 e. The number of nitrogens with zero attached hydrogens (tertiary/aromatic N) is 3. The Morgan fingerprint density at radius 1 is 1.35 bits per heavy atom. The molecule has 3 heterocycles. The van der Waals surface area contributed by atoms with Crippen LogP contribution in [0.1, 0.15) is 56.3 Å². The molecule has 1 aromatic rings. The molecule has 6 heteroatoms. The molecule has 3 rings (SSSR count). The predicted molar refractivity (Wildman–Crippen MR) is 74.3 cm³/mol. The molecular weight excluding hydrogens is 256 g/mol. The number of likely N-dealkylation sites (tertiary alicyclic amines) is 1. The molecule has 0 spiro atoms. The van der Waals surface area contributed by atoms with Gasteiger partial charge in [0.05, 0.1) is 18.1 Å². The minimum atomic E-state index is -0.164. The molecular formula is C14H24N4O2. The Bertz CT molecular complexity index is 431. The summed E-state index contributed by atoms with van der Waals surface area (Å²) in [6.07, 6.45) is 4.96. The summed E-state index contributed by atoms with van der Waals surface area (Å²) in [5, 5.41) is 4.07. The lowest BCUT2D eigenvalue weighted by molar-refractivity contribution is 0.113. The molecule has 0 amide bonds. The first kappa shape index (κ1) is 14.0. The molecule has 0 aromatic carbocycles. The lowest BCUT2D eigenvalue weighted by Gasteiger charge is -2.27. The highest BCUT2D eigenvalue weighted by atomic mass is 16.5. The molecule has 112 valence electrons. The lowest BCUT2D eigenvalue weighted by atomic mass is 10.0. The Balaban J connectivity index is 1.60. The first-order valence-corrected chi connectivity index (χ1v) is 7.67. The van der Waals surface area contributed by atoms with Crippen LogP contribution in [0.3, 0.4) is 0 Å². The van der Waals surface area contributed by atoms with Crippen molar-refractivity contribution in [1.29, 1.82) is 0 Å². The van der Waals surface area contributed by atoms with Gasteiger partial charge >= 0.3 is 0 Å². The van der Waals surface area contributed by atoms with Gasteiger partial charge in [0.1, 0.15) is 0 Å². The van der Waals surface area contributed by atoms with E-state index in [0.717, 1.165) is 32.7 Å². The number of aromatic nitrogens is 2. The number of nitrogens with two attached hydrogens (primary N) is 1. The van der Waals surface area contributed by atoms with Crippen molar-refractivity contribution in [3.05, 3.63) is 11.7 Å². The summed E-state index contributed by atoms with van der Waals surface area (Å²) in [4.78, 5) is 6.89. The summed E-state index contributed by atoms with van der Waals surface area (Å²) in [7, 11) is 0. The third kappa shape index (κ3) is 3.02. The van der Waals surface area contributed by atoms with E-state index in [1.165, 1.54) is 19.3 Å². The number of piperidine rings is 1. The van der Waals surface area contributed by atoms with Gasteiger partial charge in [0.2, 0.25) is 5.89 Å². The van der Waals surface area contributed by atoms with Crippen LogP contribution in [0.4, 0.5) is 0 Å². The standard InChI is InChI=1S/C14H24N4O2/c1-10-11(5-8-19-10)14-16-13(17-20-14)12(15)9-18-6-3-2-4-7-18/h10-12H,2-9,15H2,1H3. The van der Waals surface area contributed by atoms with Crippen LogP contribution in [0.5, 0.6) is 0 Å². The summed E-state index contributed by atoms with van der Waals surface area (Å²) in [5.41, 5.74) is 6.21. The van der Waals surface area contributed by atoms with E-state index in [4.69, 9.17) is 15.0 Å². The Morgan fingerprint density at radius 3 is 2.85 bits per heavy atom. The highest BCUT2D eigenvalue weighted by Crippen LogP contribution is 2.30. The highest BCUT2D eigenvalue weighted by molar-refractivity contribution is 5.02. The summed E-state index contributed by atoms with van der Waals surface area (Å²) < 4.78 is 10.9. The van der Waals surface area contributed by atoms with E-state index in [9.17, 15) is 0 Å². The molecule has 1 aromatic heterocycles. The Hall–Kier alpha value is -0.980. The van der Waals surface area contributed by atoms with E-state index < -0.39 is 0 Å². The van der Waals surface area contributed by atoms with Crippen molar-refractivity contribution in [2.24, 2.45) is 5.73 Å². The van der Waals surface area contributed by atoms with Gasteiger partial charge < -0.3 is 19.9 Å². The number of ether oxygens (including phenoxy) is 1. The molecule has 3 unspecified atom stereocenters. The average molecular weight is 280 g/mol. The SMILES string of the molecule is CC1OCCC1c1nc(C(N)CN2CCCCC2)no1. The van der Waals surface area contributed by atoms with Crippen LogP contribution in [-0.4, -0.2) is 47.4 Å². The van der Waals surface area contributed by atoms with Crippen LogP contribution in [0.25, 0.3) is 0 Å². The van der Waals surface area contributed by atoms with Gasteiger partial charge in [-0.15, -0.1) is 0 Å². The van der Waals surface area contributed by atoms with Crippen molar-refractivity contribution >= 4 is 0 Å². The lowest BCUT2D eigenvalue weighted by Crippen LogP contribution is -2.36. The van der Waals surface area contributed by atoms with Crippen molar-refractivity contribution < 1.29 is 9.26 Å². The fourth-order valence-corrected chi connectivity index (χ4v) is 3.11. The van der Waals surface area contributed by atoms with E-state index in [0.29, 0.717) is 11.7 Å². The maximum atomic E-state index is 6.21. The van der Waals surface area contributed by atoms with Crippen LogP contribution in [0.2, 0.25) is 0 Å². The second-order valence-corrected chi connectivity index (χ2v) is 5.93. The molecule has 2 N–H and O–H groups in total. The molecule has 2 aliphatic heterocycles. The van der Waals surface area contributed by atoms with Gasteiger partial charge in [0, 0.05) is 13.2 Å². The topological polar surface area (TPSA) is 77.4 Å². The minimum absolute atomic E-state index is 0.154. The van der Waals surface area contributed by atoms with Crippen molar-refractivity contribution in [1.82, 2.24) is 15.0 Å². The minimum Gasteiger partial charge on any atom is -0.378 e. The Morgan fingerprint density at radius 2 is 2.15 bits per heavy atom. The van der Waals surface area contributed by atoms with Gasteiger partial charge in [-0.25, -0.2) is 0 Å². The number of hydrogen-bond acceptors (Lipinski definition) is 6. The molecule has 3 atom stereocenters. The van der Waals surface area contributed by atoms with Crippen molar-refractivity contribution in [3.63, 3.8) is 0 Å². The summed E-state index contributed by atoms with van der Waals surface area (Å²) in [5.74, 6) is 1.53. The predicted octanol–water partition coefficient (Wildman–Crippen LogP) is 1.45. The zero-order valence-corrected chi connectivity index (χ0v) is 12.1. The molecule has 0 aliphatic carbocycles. The first-order chi connectivity index (χ1) is 9.74. The first-order valence-electron chi connectivity index (χ1n) is 7.67. The molecule has 2 fully saturated rings. The second kappa shape index (κ2) is 6.20. The second-order valence-electron chi connectivity index (χ2n) is 5.93. The maximum absolute atomic E-state index is 6.21. The molecule has 0 radical (unpaired) electrons. The van der Waals surface area contributed by atoms with Gasteiger partial charge in [-0.1, -0.05) is 11.6 Å². The maximum Gasteiger partial charge on any atom is 0.232 e. The van der Waals surface area contributed by atoms with Gasteiger partial charge in [0.25, 0.3) is 0 Å². The van der Waals surface area contributed by atoms with E-state index in [-0.39, 0.29) is 18.1 Å². The number of hydrogen-bond donors (Lipinski definition) is 1. The van der Waals surface area contributed by atoms with Crippen LogP contribution in [-0.2, 0) is 4.74 Å². The van der Waals surface area contributed by atoms with Crippen LogP contribution in [0.15, 0.2) is 4.52 Å². The van der Waals surface area contributed by atoms with E-state index >= 15 is 0 Å². The number of rotatable bonds is 4. The molecule has 0 bridgehead atoms. The van der Waals surface area contributed by atoms with Crippen LogP contribution in [0, 0.1) is 0 Å². The van der Waals surface area contributed by atoms with Crippen molar-refractivity contribution in [2.75, 3.05) is 26.2 Å². The molecule has 2 aliphatic rings. The Labute approximate surface area is 119 Å². The monoisotopic (exact) mass is 280 g/mol. The smallest absolute Gasteiger partial charge is 0.232 e. The fourth-order valence-electron chi connectivity index (χ4n) is 3.11. The molecule has 6 nitrogen and oxygen atoms in total. The fraction of sp³-hybridized carbons (Fsp3) is 0.857. The third-order valence-electron chi connectivity index (χ3n) is 4.39. The van der Waals surface area contributed by atoms with E-state index in [2.05, 4.69) is 22.0 Å². The normalized spacial score (nSPS) is 29.7.